The van der Waals surface area contributed by atoms with Crippen LogP contribution in [0, 0.1) is 5.82 Å². The summed E-state index contributed by atoms with van der Waals surface area (Å²) in [7, 11) is 0. The van der Waals surface area contributed by atoms with Gasteiger partial charge in [-0.05, 0) is 29.6 Å². The molecule has 0 bridgehead atoms. The van der Waals surface area contributed by atoms with Crippen LogP contribution in [0.4, 0.5) is 10.1 Å². The van der Waals surface area contributed by atoms with Gasteiger partial charge in [0.1, 0.15) is 5.82 Å². The fourth-order valence-electron chi connectivity index (χ4n) is 1.45. The number of rotatable bonds is 3. The van der Waals surface area contributed by atoms with Gasteiger partial charge in [-0.25, -0.2) is 4.39 Å². The first-order chi connectivity index (χ1) is 9.11. The van der Waals surface area contributed by atoms with Gasteiger partial charge >= 0.3 is 0 Å². The van der Waals surface area contributed by atoms with E-state index in [0.717, 1.165) is 6.07 Å². The quantitative estimate of drug-likeness (QED) is 0.348. The number of carbonyl (C=O) groups is 1. The van der Waals surface area contributed by atoms with E-state index in [2.05, 4.69) is 10.5 Å². The Morgan fingerprint density at radius 3 is 2.84 bits per heavy atom. The fourth-order valence-corrected chi connectivity index (χ4v) is 2.07. The maximum Gasteiger partial charge on any atom is 0.265 e. The van der Waals surface area contributed by atoms with Crippen molar-refractivity contribution >= 4 is 28.8 Å². The monoisotopic (exact) mass is 279 g/mol. The molecule has 5 nitrogen and oxygen atoms in total. The molecule has 2 rings (SSSR count). The number of carbonyl (C=O) groups excluding carboxylic acids is 1. The molecule has 4 N–H and O–H groups in total. The molecule has 1 heterocycles. The Hall–Kier alpha value is -2.41. The molecule has 0 spiro atoms. The third-order valence-electron chi connectivity index (χ3n) is 2.35. The predicted octanol–water partition coefficient (Wildman–Crippen LogP) is 2.23. The van der Waals surface area contributed by atoms with Crippen LogP contribution in [0.15, 0.2) is 40.9 Å². The Bertz CT molecular complexity index is 626. The van der Waals surface area contributed by atoms with E-state index in [4.69, 9.17) is 10.9 Å². The smallest absolute Gasteiger partial charge is 0.265 e. The highest BCUT2D eigenvalue weighted by Gasteiger charge is 2.11. The zero-order chi connectivity index (χ0) is 13.8. The maximum atomic E-state index is 13.4. The average molecular weight is 279 g/mol. The lowest BCUT2D eigenvalue weighted by molar-refractivity contribution is 0.103. The largest absolute Gasteiger partial charge is 0.409 e. The van der Waals surface area contributed by atoms with Crippen molar-refractivity contribution in [3.05, 3.63) is 52.0 Å². The van der Waals surface area contributed by atoms with E-state index < -0.39 is 5.82 Å². The summed E-state index contributed by atoms with van der Waals surface area (Å²) in [6, 6.07) is 7.27. The van der Waals surface area contributed by atoms with Crippen molar-refractivity contribution in [2.75, 3.05) is 5.32 Å². The fraction of sp³-hybridized carbons (Fsp3) is 0. The number of amidine groups is 1. The molecule has 0 aliphatic rings. The number of nitrogens with two attached hydrogens (primary N) is 1. The molecule has 0 fully saturated rings. The van der Waals surface area contributed by atoms with Crippen LogP contribution < -0.4 is 11.1 Å². The highest BCUT2D eigenvalue weighted by atomic mass is 32.1. The van der Waals surface area contributed by atoms with E-state index in [-0.39, 0.29) is 17.3 Å². The lowest BCUT2D eigenvalue weighted by Crippen LogP contribution is -2.16. The highest BCUT2D eigenvalue weighted by Crippen LogP contribution is 2.17. The molecule has 7 heteroatoms. The summed E-state index contributed by atoms with van der Waals surface area (Å²) in [6.45, 7) is 0. The molecule has 0 aliphatic carbocycles. The first-order valence-corrected chi connectivity index (χ1v) is 6.12. The molecule has 0 saturated carbocycles. The van der Waals surface area contributed by atoms with Gasteiger partial charge in [0, 0.05) is 5.69 Å². The molecule has 0 aliphatic heterocycles. The Kier molecular flexibility index (Phi) is 3.76. The molecule has 0 radical (unpaired) electrons. The minimum atomic E-state index is -0.635. The number of nitrogens with one attached hydrogen (secondary N) is 1. The standard InChI is InChI=1S/C12H10FN3O2S/c13-9-4-3-7(6-8(9)11(14)16-18)15-12(17)10-2-1-5-19-10/h1-6,18H,(H2,14,16)(H,15,17). The number of amides is 1. The number of benzene rings is 1. The van der Waals surface area contributed by atoms with Crippen molar-refractivity contribution in [2.24, 2.45) is 10.9 Å². The normalized spacial score (nSPS) is 11.3. The number of anilines is 1. The molecule has 0 unspecified atom stereocenters. The molecule has 0 atom stereocenters. The SMILES string of the molecule is NC(=NO)c1cc(NC(=O)c2cccs2)ccc1F. The first kappa shape index (κ1) is 13.0. The summed E-state index contributed by atoms with van der Waals surface area (Å²) >= 11 is 1.29. The molecule has 1 aromatic heterocycles. The Morgan fingerprint density at radius 2 is 2.21 bits per heavy atom. The van der Waals surface area contributed by atoms with Gasteiger partial charge in [-0.15, -0.1) is 11.3 Å². The summed E-state index contributed by atoms with van der Waals surface area (Å²) in [6.07, 6.45) is 0. The number of nitrogens with zero attached hydrogens (tertiary/aromatic N) is 1. The minimum absolute atomic E-state index is 0.0773. The summed E-state index contributed by atoms with van der Waals surface area (Å²) in [5, 5.41) is 15.7. The van der Waals surface area contributed by atoms with Crippen molar-refractivity contribution in [3.63, 3.8) is 0 Å². The molecular weight excluding hydrogens is 269 g/mol. The van der Waals surface area contributed by atoms with Crippen molar-refractivity contribution in [1.29, 1.82) is 0 Å². The zero-order valence-electron chi connectivity index (χ0n) is 9.63. The summed E-state index contributed by atoms with van der Waals surface area (Å²) < 4.78 is 13.4. The Balaban J connectivity index is 2.25. The topological polar surface area (TPSA) is 87.7 Å². The van der Waals surface area contributed by atoms with Crippen molar-refractivity contribution < 1.29 is 14.4 Å². The van der Waals surface area contributed by atoms with Crippen LogP contribution in [0.3, 0.4) is 0 Å². The third kappa shape index (κ3) is 2.89. The van der Waals surface area contributed by atoms with Crippen LogP contribution in [-0.2, 0) is 0 Å². The van der Waals surface area contributed by atoms with Gasteiger partial charge in [-0.1, -0.05) is 11.2 Å². The summed E-state index contributed by atoms with van der Waals surface area (Å²) in [4.78, 5) is 12.3. The number of thiophene rings is 1. The molecular formula is C12H10FN3O2S. The van der Waals surface area contributed by atoms with Crippen LogP contribution in [0.2, 0.25) is 0 Å². The number of hydrogen-bond donors (Lipinski definition) is 3. The number of oxime groups is 1. The van der Waals surface area contributed by atoms with Crippen LogP contribution in [0.1, 0.15) is 15.2 Å². The first-order valence-electron chi connectivity index (χ1n) is 5.24. The van der Waals surface area contributed by atoms with Crippen molar-refractivity contribution in [2.45, 2.75) is 0 Å². The predicted molar refractivity (Wildman–Crippen MR) is 71.2 cm³/mol. The van der Waals surface area contributed by atoms with Crippen LogP contribution >= 0.6 is 11.3 Å². The second-order valence-corrected chi connectivity index (χ2v) is 4.56. The third-order valence-corrected chi connectivity index (χ3v) is 3.22. The molecule has 19 heavy (non-hydrogen) atoms. The van der Waals surface area contributed by atoms with E-state index in [1.807, 2.05) is 0 Å². The van der Waals surface area contributed by atoms with E-state index in [0.29, 0.717) is 10.6 Å². The second kappa shape index (κ2) is 5.49. The Labute approximate surface area is 112 Å². The van der Waals surface area contributed by atoms with E-state index in [1.165, 1.54) is 23.5 Å². The second-order valence-electron chi connectivity index (χ2n) is 3.61. The van der Waals surface area contributed by atoms with Crippen LogP contribution in [0.25, 0.3) is 0 Å². The van der Waals surface area contributed by atoms with Crippen molar-refractivity contribution in [3.8, 4) is 0 Å². The van der Waals surface area contributed by atoms with E-state index in [9.17, 15) is 9.18 Å². The van der Waals surface area contributed by atoms with Crippen LogP contribution in [-0.4, -0.2) is 17.0 Å². The molecule has 1 aromatic carbocycles. The average Bonchev–Trinajstić information content (AvgIpc) is 2.94. The van der Waals surface area contributed by atoms with Gasteiger partial charge in [-0.2, -0.15) is 0 Å². The Morgan fingerprint density at radius 1 is 1.42 bits per heavy atom. The lowest BCUT2D eigenvalue weighted by atomic mass is 10.1. The molecule has 1 amide bonds. The van der Waals surface area contributed by atoms with Gasteiger partial charge in [0.15, 0.2) is 5.84 Å². The van der Waals surface area contributed by atoms with Crippen molar-refractivity contribution in [1.82, 2.24) is 0 Å². The van der Waals surface area contributed by atoms with Gasteiger partial charge in [0.25, 0.3) is 5.91 Å². The minimum Gasteiger partial charge on any atom is -0.409 e. The summed E-state index contributed by atoms with van der Waals surface area (Å²) in [5.41, 5.74) is 5.62. The van der Waals surface area contributed by atoms with Gasteiger partial charge in [0.2, 0.25) is 0 Å². The molecule has 2 aromatic rings. The number of halogens is 1. The summed E-state index contributed by atoms with van der Waals surface area (Å²) in [5.74, 6) is -1.29. The highest BCUT2D eigenvalue weighted by molar-refractivity contribution is 7.12. The lowest BCUT2D eigenvalue weighted by Gasteiger charge is -2.06. The van der Waals surface area contributed by atoms with E-state index in [1.54, 1.807) is 17.5 Å². The molecule has 0 saturated heterocycles. The van der Waals surface area contributed by atoms with E-state index >= 15 is 0 Å². The maximum absolute atomic E-state index is 13.4. The van der Waals surface area contributed by atoms with Gasteiger partial charge in [-0.3, -0.25) is 4.79 Å². The van der Waals surface area contributed by atoms with Gasteiger partial charge < -0.3 is 16.3 Å². The zero-order valence-corrected chi connectivity index (χ0v) is 10.4. The van der Waals surface area contributed by atoms with Crippen LogP contribution in [0.5, 0.6) is 0 Å². The van der Waals surface area contributed by atoms with Gasteiger partial charge in [0.05, 0.1) is 10.4 Å². The molecule has 98 valence electrons. The number of hydrogen-bond acceptors (Lipinski definition) is 4.